The van der Waals surface area contributed by atoms with Gasteiger partial charge in [0.15, 0.2) is 0 Å². The minimum atomic E-state index is -0.604. The number of carbonyl (C=O) groups excluding carboxylic acids is 2. The van der Waals surface area contributed by atoms with Crippen molar-refractivity contribution in [1.82, 2.24) is 14.8 Å². The van der Waals surface area contributed by atoms with Crippen LogP contribution < -0.4 is 0 Å². The minimum absolute atomic E-state index is 0.0101. The summed E-state index contributed by atoms with van der Waals surface area (Å²) in [6.07, 6.45) is 0.816. The zero-order valence-corrected chi connectivity index (χ0v) is 20.5. The molecule has 0 spiro atoms. The molecule has 0 bridgehead atoms. The summed E-state index contributed by atoms with van der Waals surface area (Å²) in [6.45, 7) is 0.294. The first kappa shape index (κ1) is 22.0. The lowest BCUT2D eigenvalue weighted by Gasteiger charge is -2.47. The molecule has 2 aliphatic rings. The maximum Gasteiger partial charge on any atom is 0.246 e. The lowest BCUT2D eigenvalue weighted by Crippen LogP contribution is -2.63. The van der Waals surface area contributed by atoms with E-state index in [1.165, 1.54) is 6.07 Å². The second kappa shape index (κ2) is 8.64. The molecule has 0 unspecified atom stereocenters. The van der Waals surface area contributed by atoms with Crippen molar-refractivity contribution in [2.45, 2.75) is 24.9 Å². The van der Waals surface area contributed by atoms with Gasteiger partial charge >= 0.3 is 0 Å². The van der Waals surface area contributed by atoms with Crippen LogP contribution in [0.2, 0.25) is 0 Å². The third-order valence-electron chi connectivity index (χ3n) is 7.12. The van der Waals surface area contributed by atoms with Gasteiger partial charge in [-0.25, -0.2) is 4.39 Å². The fourth-order valence-corrected chi connectivity index (χ4v) is 5.91. The number of H-pyrrole nitrogens is 1. The fraction of sp³-hybridized carbons (Fsp3) is 0.214. The highest BCUT2D eigenvalue weighted by atomic mass is 79.9. The molecule has 7 heteroatoms. The van der Waals surface area contributed by atoms with Crippen LogP contribution in [0.25, 0.3) is 10.9 Å². The quantitative estimate of drug-likeness (QED) is 0.403. The molecule has 0 saturated carbocycles. The average molecular weight is 532 g/mol. The Kier molecular flexibility index (Phi) is 5.44. The number of aromatic nitrogens is 1. The number of nitrogens with zero attached hydrogens (tertiary/aromatic N) is 2. The Morgan fingerprint density at radius 1 is 1.00 bits per heavy atom. The van der Waals surface area contributed by atoms with Crippen molar-refractivity contribution >= 4 is 38.6 Å². The molecule has 1 fully saturated rings. The number of carbonyl (C=O) groups is 2. The van der Waals surface area contributed by atoms with Crippen LogP contribution in [0.15, 0.2) is 77.3 Å². The topological polar surface area (TPSA) is 56.4 Å². The number of aromatic amines is 1. The Bertz CT molecular complexity index is 1470. The number of hydrogen-bond donors (Lipinski definition) is 1. The summed E-state index contributed by atoms with van der Waals surface area (Å²) >= 11 is 3.56. The van der Waals surface area contributed by atoms with Crippen molar-refractivity contribution in [3.8, 4) is 0 Å². The lowest BCUT2D eigenvalue weighted by atomic mass is 9.86. The van der Waals surface area contributed by atoms with Gasteiger partial charge in [-0.05, 0) is 47.4 Å². The lowest BCUT2D eigenvalue weighted by molar-refractivity contribution is -0.158. The summed E-state index contributed by atoms with van der Waals surface area (Å²) in [6, 6.07) is 21.5. The van der Waals surface area contributed by atoms with E-state index in [-0.39, 0.29) is 30.2 Å². The summed E-state index contributed by atoms with van der Waals surface area (Å²) in [7, 11) is 0. The fourth-order valence-electron chi connectivity index (χ4n) is 5.49. The Hall–Kier alpha value is -3.45. The molecule has 6 rings (SSSR count). The highest BCUT2D eigenvalue weighted by molar-refractivity contribution is 9.10. The van der Waals surface area contributed by atoms with E-state index in [4.69, 9.17) is 0 Å². The monoisotopic (exact) mass is 531 g/mol. The molecule has 0 aliphatic carbocycles. The largest absolute Gasteiger partial charge is 0.356 e. The number of para-hydroxylation sites is 1. The third-order valence-corrected chi connectivity index (χ3v) is 7.61. The standard InChI is InChI=1S/C28H23BrFN3O2/c29-19-8-5-7-18(14-19)27-26-21(20-9-2-4-11-23(20)31-26)15-24-28(35)32(16-25(34)33(24)27)13-12-17-6-1-3-10-22(17)30/h1-11,14,24,27,31H,12-13,15-16H2/t24-,27+/m0/s1. The molecule has 1 saturated heterocycles. The number of nitrogens with one attached hydrogen (secondary N) is 1. The summed E-state index contributed by atoms with van der Waals surface area (Å²) in [5.41, 5.74) is 4.52. The zero-order valence-electron chi connectivity index (χ0n) is 18.9. The van der Waals surface area contributed by atoms with Crippen molar-refractivity contribution in [3.63, 3.8) is 0 Å². The van der Waals surface area contributed by atoms with Crippen LogP contribution in [-0.4, -0.2) is 45.7 Å². The van der Waals surface area contributed by atoms with E-state index < -0.39 is 6.04 Å². The van der Waals surface area contributed by atoms with Crippen molar-refractivity contribution in [2.75, 3.05) is 13.1 Å². The van der Waals surface area contributed by atoms with Crippen LogP contribution in [0.1, 0.15) is 28.4 Å². The predicted octanol–water partition coefficient (Wildman–Crippen LogP) is 5.00. The van der Waals surface area contributed by atoms with Crippen LogP contribution in [0.3, 0.4) is 0 Å². The smallest absolute Gasteiger partial charge is 0.246 e. The molecule has 35 heavy (non-hydrogen) atoms. The summed E-state index contributed by atoms with van der Waals surface area (Å²) in [5, 5.41) is 1.07. The number of fused-ring (bicyclic) bond motifs is 4. The van der Waals surface area contributed by atoms with Crippen molar-refractivity contribution in [2.24, 2.45) is 0 Å². The summed E-state index contributed by atoms with van der Waals surface area (Å²) < 4.78 is 15.1. The molecule has 176 valence electrons. The molecule has 2 atom stereocenters. The maximum absolute atomic E-state index is 14.2. The van der Waals surface area contributed by atoms with Gasteiger partial charge in [-0.3, -0.25) is 9.59 Å². The van der Waals surface area contributed by atoms with Gasteiger partial charge in [-0.15, -0.1) is 0 Å². The van der Waals surface area contributed by atoms with Crippen LogP contribution in [-0.2, 0) is 22.4 Å². The SMILES string of the molecule is O=C1[C@@H]2Cc3c([nH]c4ccccc34)[C@@H](c3cccc(Br)c3)N2C(=O)CN1CCc1ccccc1F. The molecule has 5 nitrogen and oxygen atoms in total. The third kappa shape index (κ3) is 3.74. The molecule has 3 heterocycles. The number of benzene rings is 3. The van der Waals surface area contributed by atoms with Gasteiger partial charge in [0, 0.05) is 34.0 Å². The van der Waals surface area contributed by atoms with Gasteiger partial charge in [0.2, 0.25) is 11.8 Å². The second-order valence-corrected chi connectivity index (χ2v) is 10.1. The molecule has 2 amide bonds. The van der Waals surface area contributed by atoms with E-state index in [0.717, 1.165) is 32.2 Å². The zero-order chi connectivity index (χ0) is 24.1. The first-order valence-electron chi connectivity index (χ1n) is 11.7. The van der Waals surface area contributed by atoms with Gasteiger partial charge in [0.25, 0.3) is 0 Å². The van der Waals surface area contributed by atoms with Crippen molar-refractivity contribution in [1.29, 1.82) is 0 Å². The van der Waals surface area contributed by atoms with E-state index in [2.05, 4.69) is 27.0 Å². The van der Waals surface area contributed by atoms with E-state index in [1.807, 2.05) is 42.5 Å². The molecule has 3 aromatic carbocycles. The number of hydrogen-bond acceptors (Lipinski definition) is 2. The highest BCUT2D eigenvalue weighted by Crippen LogP contribution is 2.42. The predicted molar refractivity (Wildman–Crippen MR) is 135 cm³/mol. The van der Waals surface area contributed by atoms with Gasteiger partial charge in [-0.1, -0.05) is 64.5 Å². The highest BCUT2D eigenvalue weighted by Gasteiger charge is 2.48. The summed E-state index contributed by atoms with van der Waals surface area (Å²) in [5.74, 6) is -0.477. The second-order valence-electron chi connectivity index (χ2n) is 9.14. The normalized spacial score (nSPS) is 19.7. The number of amides is 2. The first-order valence-corrected chi connectivity index (χ1v) is 12.5. The van der Waals surface area contributed by atoms with Gasteiger partial charge in [0.05, 0.1) is 12.6 Å². The Morgan fingerprint density at radius 2 is 1.80 bits per heavy atom. The molecular weight excluding hydrogens is 509 g/mol. The van der Waals surface area contributed by atoms with Gasteiger partial charge in [0.1, 0.15) is 11.9 Å². The van der Waals surface area contributed by atoms with Crippen LogP contribution in [0.5, 0.6) is 0 Å². The van der Waals surface area contributed by atoms with E-state index in [0.29, 0.717) is 24.9 Å². The molecule has 2 aliphatic heterocycles. The van der Waals surface area contributed by atoms with Gasteiger partial charge < -0.3 is 14.8 Å². The molecular formula is C28H23BrFN3O2. The van der Waals surface area contributed by atoms with E-state index in [1.54, 1.807) is 28.0 Å². The van der Waals surface area contributed by atoms with Gasteiger partial charge in [-0.2, -0.15) is 0 Å². The molecule has 0 radical (unpaired) electrons. The van der Waals surface area contributed by atoms with Crippen molar-refractivity contribution < 1.29 is 14.0 Å². The minimum Gasteiger partial charge on any atom is -0.356 e. The molecule has 1 N–H and O–H groups in total. The first-order chi connectivity index (χ1) is 17.0. The number of piperazine rings is 1. The number of rotatable bonds is 4. The number of halogens is 2. The van der Waals surface area contributed by atoms with E-state index >= 15 is 0 Å². The Labute approximate surface area is 210 Å². The Morgan fingerprint density at radius 3 is 2.63 bits per heavy atom. The Balaban J connectivity index is 1.40. The van der Waals surface area contributed by atoms with Crippen molar-refractivity contribution in [3.05, 3.63) is 105 Å². The summed E-state index contributed by atoms with van der Waals surface area (Å²) in [4.78, 5) is 34.2. The van der Waals surface area contributed by atoms with Crippen LogP contribution >= 0.6 is 15.9 Å². The average Bonchev–Trinajstić information content (AvgIpc) is 3.23. The maximum atomic E-state index is 14.2. The van der Waals surface area contributed by atoms with Crippen LogP contribution in [0, 0.1) is 5.82 Å². The van der Waals surface area contributed by atoms with E-state index in [9.17, 15) is 14.0 Å². The molecule has 4 aromatic rings. The van der Waals surface area contributed by atoms with Crippen LogP contribution in [0.4, 0.5) is 4.39 Å². The molecule has 1 aromatic heterocycles.